The van der Waals surface area contributed by atoms with E-state index in [4.69, 9.17) is 9.52 Å². The Bertz CT molecular complexity index is 544. The van der Waals surface area contributed by atoms with Gasteiger partial charge in [-0.25, -0.2) is 4.79 Å². The fourth-order valence-corrected chi connectivity index (χ4v) is 2.70. The van der Waals surface area contributed by atoms with Gasteiger partial charge < -0.3 is 9.52 Å². The summed E-state index contributed by atoms with van der Waals surface area (Å²) in [6.07, 6.45) is 0. The maximum Gasteiger partial charge on any atom is 0.371 e. The Morgan fingerprint density at radius 3 is 2.72 bits per heavy atom. The molecule has 5 heteroatoms. The van der Waals surface area contributed by atoms with Crippen molar-refractivity contribution in [1.29, 1.82) is 0 Å². The highest BCUT2D eigenvalue weighted by atomic mass is 32.1. The molecule has 2 aromatic rings. The van der Waals surface area contributed by atoms with Gasteiger partial charge in [-0.2, -0.15) is 0 Å². The molecule has 0 amide bonds. The zero-order chi connectivity index (χ0) is 13.1. The van der Waals surface area contributed by atoms with E-state index in [1.54, 1.807) is 17.4 Å². The molecule has 0 aliphatic rings. The summed E-state index contributed by atoms with van der Waals surface area (Å²) < 4.78 is 5.23. The van der Waals surface area contributed by atoms with Gasteiger partial charge >= 0.3 is 5.97 Å². The van der Waals surface area contributed by atoms with E-state index in [1.807, 2.05) is 7.05 Å². The lowest BCUT2D eigenvalue weighted by Gasteiger charge is -2.14. The molecule has 0 saturated heterocycles. The van der Waals surface area contributed by atoms with Crippen LogP contribution in [0.25, 0.3) is 0 Å². The molecule has 0 spiro atoms. The summed E-state index contributed by atoms with van der Waals surface area (Å²) >= 11 is 1.73. The third-order valence-electron chi connectivity index (χ3n) is 2.68. The third kappa shape index (κ3) is 3.00. The second kappa shape index (κ2) is 5.37. The summed E-state index contributed by atoms with van der Waals surface area (Å²) in [5.74, 6) is -0.368. The Labute approximate surface area is 109 Å². The second-order valence-electron chi connectivity index (χ2n) is 4.27. The van der Waals surface area contributed by atoms with E-state index in [-0.39, 0.29) is 5.76 Å². The van der Waals surface area contributed by atoms with Crippen LogP contribution in [0.5, 0.6) is 0 Å². The summed E-state index contributed by atoms with van der Waals surface area (Å²) in [6, 6.07) is 5.30. The van der Waals surface area contributed by atoms with Gasteiger partial charge in [-0.1, -0.05) is 0 Å². The van der Waals surface area contributed by atoms with Crippen molar-refractivity contribution < 1.29 is 14.3 Å². The van der Waals surface area contributed by atoms with Gasteiger partial charge in [0, 0.05) is 11.4 Å². The van der Waals surface area contributed by atoms with Crippen LogP contribution in [0.1, 0.15) is 26.8 Å². The first-order valence-corrected chi connectivity index (χ1v) is 6.47. The summed E-state index contributed by atoms with van der Waals surface area (Å²) in [5, 5.41) is 10.8. The average molecular weight is 265 g/mol. The third-order valence-corrected chi connectivity index (χ3v) is 3.69. The molecule has 0 aromatic carbocycles. The van der Waals surface area contributed by atoms with E-state index in [2.05, 4.69) is 23.3 Å². The number of carboxylic acid groups (broad SMARTS) is 1. The van der Waals surface area contributed by atoms with Gasteiger partial charge in [-0.3, -0.25) is 4.90 Å². The summed E-state index contributed by atoms with van der Waals surface area (Å²) in [7, 11) is 1.99. The van der Waals surface area contributed by atoms with E-state index in [9.17, 15) is 4.79 Å². The molecule has 0 radical (unpaired) electrons. The number of aryl methyl sites for hydroxylation is 1. The van der Waals surface area contributed by atoms with Gasteiger partial charge in [-0.05, 0) is 43.1 Å². The molecule has 0 unspecified atom stereocenters. The first-order valence-electron chi connectivity index (χ1n) is 5.60. The Kier molecular flexibility index (Phi) is 3.84. The van der Waals surface area contributed by atoms with Crippen LogP contribution < -0.4 is 0 Å². The molecule has 96 valence electrons. The van der Waals surface area contributed by atoms with Crippen molar-refractivity contribution in [1.82, 2.24) is 4.90 Å². The van der Waals surface area contributed by atoms with Gasteiger partial charge in [0.1, 0.15) is 5.76 Å². The number of hydrogen-bond donors (Lipinski definition) is 1. The second-order valence-corrected chi connectivity index (χ2v) is 5.27. The number of carbonyl (C=O) groups is 1. The lowest BCUT2D eigenvalue weighted by atomic mass is 10.3. The smallest absolute Gasteiger partial charge is 0.371 e. The monoisotopic (exact) mass is 265 g/mol. The van der Waals surface area contributed by atoms with Crippen molar-refractivity contribution in [3.63, 3.8) is 0 Å². The predicted octanol–water partition coefficient (Wildman–Crippen LogP) is 2.98. The van der Waals surface area contributed by atoms with Crippen molar-refractivity contribution in [3.05, 3.63) is 45.5 Å². The first kappa shape index (κ1) is 12.9. The Hall–Kier alpha value is -1.59. The van der Waals surface area contributed by atoms with E-state index >= 15 is 0 Å². The highest BCUT2D eigenvalue weighted by Gasteiger charge is 2.11. The summed E-state index contributed by atoms with van der Waals surface area (Å²) in [4.78, 5) is 14.1. The van der Waals surface area contributed by atoms with Crippen LogP contribution in [0, 0.1) is 6.92 Å². The number of carboxylic acids is 1. The first-order chi connectivity index (χ1) is 8.56. The summed E-state index contributed by atoms with van der Waals surface area (Å²) in [5.41, 5.74) is 1.29. The molecule has 0 fully saturated rings. The van der Waals surface area contributed by atoms with Gasteiger partial charge in [0.2, 0.25) is 5.76 Å². The molecule has 2 rings (SSSR count). The van der Waals surface area contributed by atoms with Crippen molar-refractivity contribution >= 4 is 17.3 Å². The zero-order valence-corrected chi connectivity index (χ0v) is 11.2. The standard InChI is InChI=1S/C13H15NO3S/c1-9-5-6-18-12(9)8-14(2)7-10-3-4-11(17-10)13(15)16/h3-6H,7-8H2,1-2H3,(H,15,16). The molecule has 2 heterocycles. The van der Waals surface area contributed by atoms with Crippen molar-refractivity contribution in [2.45, 2.75) is 20.0 Å². The van der Waals surface area contributed by atoms with Gasteiger partial charge in [0.05, 0.1) is 6.54 Å². The number of thiophene rings is 1. The fraction of sp³-hybridized carbons (Fsp3) is 0.308. The largest absolute Gasteiger partial charge is 0.475 e. The minimum absolute atomic E-state index is 0.00861. The number of hydrogen-bond acceptors (Lipinski definition) is 4. The molecular formula is C13H15NO3S. The molecule has 0 aliphatic carbocycles. The van der Waals surface area contributed by atoms with E-state index < -0.39 is 5.97 Å². The predicted molar refractivity (Wildman–Crippen MR) is 69.9 cm³/mol. The van der Waals surface area contributed by atoms with Crippen LogP contribution in [0.4, 0.5) is 0 Å². The lowest BCUT2D eigenvalue weighted by Crippen LogP contribution is -2.16. The van der Waals surface area contributed by atoms with E-state index in [0.717, 1.165) is 6.54 Å². The zero-order valence-electron chi connectivity index (χ0n) is 10.3. The topological polar surface area (TPSA) is 53.7 Å². The highest BCUT2D eigenvalue weighted by Crippen LogP contribution is 2.18. The van der Waals surface area contributed by atoms with Gasteiger partial charge in [-0.15, -0.1) is 11.3 Å². The minimum Gasteiger partial charge on any atom is -0.475 e. The Morgan fingerprint density at radius 2 is 2.17 bits per heavy atom. The molecule has 0 bridgehead atoms. The van der Waals surface area contributed by atoms with Crippen LogP contribution in [-0.4, -0.2) is 23.0 Å². The van der Waals surface area contributed by atoms with Crippen LogP contribution in [0.15, 0.2) is 28.0 Å². The Balaban J connectivity index is 1.96. The maximum atomic E-state index is 10.7. The van der Waals surface area contributed by atoms with Crippen molar-refractivity contribution in [3.8, 4) is 0 Å². The van der Waals surface area contributed by atoms with Crippen molar-refractivity contribution in [2.75, 3.05) is 7.05 Å². The molecular weight excluding hydrogens is 250 g/mol. The SMILES string of the molecule is Cc1ccsc1CN(C)Cc1ccc(C(=O)O)o1. The number of aromatic carboxylic acids is 1. The maximum absolute atomic E-state index is 10.7. The van der Waals surface area contributed by atoms with Crippen LogP contribution in [0.2, 0.25) is 0 Å². The van der Waals surface area contributed by atoms with E-state index in [0.29, 0.717) is 12.3 Å². The molecule has 0 atom stereocenters. The highest BCUT2D eigenvalue weighted by molar-refractivity contribution is 7.10. The van der Waals surface area contributed by atoms with Crippen LogP contribution in [-0.2, 0) is 13.1 Å². The quantitative estimate of drug-likeness (QED) is 0.903. The molecule has 1 N–H and O–H groups in total. The van der Waals surface area contributed by atoms with Gasteiger partial charge in [0.15, 0.2) is 0 Å². The average Bonchev–Trinajstić information content (AvgIpc) is 2.89. The molecule has 0 aliphatic heterocycles. The number of furan rings is 1. The summed E-state index contributed by atoms with van der Waals surface area (Å²) in [6.45, 7) is 3.53. The molecule has 2 aromatic heterocycles. The number of nitrogens with zero attached hydrogens (tertiary/aromatic N) is 1. The number of rotatable bonds is 5. The van der Waals surface area contributed by atoms with Crippen LogP contribution >= 0.6 is 11.3 Å². The molecule has 4 nitrogen and oxygen atoms in total. The molecule has 0 saturated carbocycles. The van der Waals surface area contributed by atoms with Gasteiger partial charge in [0.25, 0.3) is 0 Å². The minimum atomic E-state index is -1.03. The van der Waals surface area contributed by atoms with Crippen molar-refractivity contribution in [2.24, 2.45) is 0 Å². The lowest BCUT2D eigenvalue weighted by molar-refractivity contribution is 0.0658. The molecule has 18 heavy (non-hydrogen) atoms. The van der Waals surface area contributed by atoms with Crippen LogP contribution in [0.3, 0.4) is 0 Å². The van der Waals surface area contributed by atoms with E-state index in [1.165, 1.54) is 16.5 Å². The Morgan fingerprint density at radius 1 is 1.39 bits per heavy atom. The normalized spacial score (nSPS) is 11.1. The fourth-order valence-electron chi connectivity index (χ4n) is 1.71.